The van der Waals surface area contributed by atoms with Crippen LogP contribution in [0.3, 0.4) is 0 Å². The van der Waals surface area contributed by atoms with Crippen LogP contribution >= 0.6 is 0 Å². The Hall–Kier alpha value is -3.73. The van der Waals surface area contributed by atoms with E-state index in [2.05, 4.69) is 25.3 Å². The van der Waals surface area contributed by atoms with E-state index in [1.165, 1.54) is 0 Å². The number of aryl methyl sites for hydroxylation is 2. The number of anilines is 2. The van der Waals surface area contributed by atoms with Crippen molar-refractivity contribution >= 4 is 33.7 Å². The SMILES string of the molecule is C.CCCn1c(=O)c(NCc2ccc(S(C)=O)cc2)nc2cnc(-c3c(C)nc(N)nc3C3CC3)nc21. The van der Waals surface area contributed by atoms with Crippen molar-refractivity contribution in [1.82, 2.24) is 29.5 Å². The Labute approximate surface area is 218 Å². The Morgan fingerprint density at radius 2 is 1.86 bits per heavy atom. The molecular weight excluding hydrogens is 488 g/mol. The molecule has 11 heteroatoms. The highest BCUT2D eigenvalue weighted by atomic mass is 32.2. The van der Waals surface area contributed by atoms with Crippen LogP contribution in [0.25, 0.3) is 22.6 Å². The molecule has 3 heterocycles. The van der Waals surface area contributed by atoms with Crippen molar-refractivity contribution < 1.29 is 4.21 Å². The van der Waals surface area contributed by atoms with Crippen molar-refractivity contribution in [2.75, 3.05) is 17.3 Å². The molecule has 10 nitrogen and oxygen atoms in total. The summed E-state index contributed by atoms with van der Waals surface area (Å²) in [6, 6.07) is 7.42. The number of fused-ring (bicyclic) bond motifs is 1. The molecule has 0 spiro atoms. The fourth-order valence-electron chi connectivity index (χ4n) is 4.23. The van der Waals surface area contributed by atoms with Crippen LogP contribution < -0.4 is 16.6 Å². The number of rotatable bonds is 8. The minimum absolute atomic E-state index is 0. The zero-order valence-electron chi connectivity index (χ0n) is 20.5. The van der Waals surface area contributed by atoms with E-state index in [0.717, 1.165) is 46.7 Å². The second kappa shape index (κ2) is 10.7. The van der Waals surface area contributed by atoms with Crippen molar-refractivity contribution in [2.24, 2.45) is 0 Å². The molecule has 4 aromatic rings. The number of benzene rings is 1. The summed E-state index contributed by atoms with van der Waals surface area (Å²) in [6.07, 6.45) is 6.14. The van der Waals surface area contributed by atoms with Gasteiger partial charge < -0.3 is 11.1 Å². The summed E-state index contributed by atoms with van der Waals surface area (Å²) in [7, 11) is -1.04. The molecule has 0 radical (unpaired) electrons. The van der Waals surface area contributed by atoms with Gasteiger partial charge in [0.1, 0.15) is 5.52 Å². The first-order valence-electron chi connectivity index (χ1n) is 11.9. The lowest BCUT2D eigenvalue weighted by Gasteiger charge is -2.14. The number of nitrogen functional groups attached to an aromatic ring is 1. The molecule has 1 aliphatic rings. The summed E-state index contributed by atoms with van der Waals surface area (Å²) < 4.78 is 13.3. The zero-order chi connectivity index (χ0) is 25.4. The van der Waals surface area contributed by atoms with Crippen LogP contribution in [0.15, 0.2) is 40.2 Å². The lowest BCUT2D eigenvalue weighted by Crippen LogP contribution is -2.26. The minimum Gasteiger partial charge on any atom is -0.368 e. The molecule has 1 saturated carbocycles. The van der Waals surface area contributed by atoms with Crippen molar-refractivity contribution in [3.8, 4) is 11.4 Å². The van der Waals surface area contributed by atoms with Gasteiger partial charge in [-0.15, -0.1) is 0 Å². The van der Waals surface area contributed by atoms with Gasteiger partial charge in [-0.25, -0.2) is 24.9 Å². The van der Waals surface area contributed by atoms with Gasteiger partial charge in [0.15, 0.2) is 17.3 Å². The molecule has 3 N–H and O–H groups in total. The summed E-state index contributed by atoms with van der Waals surface area (Å²) in [5, 5.41) is 3.15. The normalized spacial score (nSPS) is 13.8. The van der Waals surface area contributed by atoms with Crippen LogP contribution in [0.4, 0.5) is 11.8 Å². The lowest BCUT2D eigenvalue weighted by atomic mass is 10.1. The number of aromatic nitrogens is 6. The fourth-order valence-corrected chi connectivity index (χ4v) is 4.75. The van der Waals surface area contributed by atoms with Crippen LogP contribution in [0.2, 0.25) is 0 Å². The van der Waals surface area contributed by atoms with E-state index in [1.54, 1.807) is 17.0 Å². The van der Waals surface area contributed by atoms with Crippen LogP contribution in [0.1, 0.15) is 56.5 Å². The second-order valence-corrected chi connectivity index (χ2v) is 10.4. The van der Waals surface area contributed by atoms with Crippen molar-refractivity contribution in [3.63, 3.8) is 0 Å². The molecule has 0 bridgehead atoms. The van der Waals surface area contributed by atoms with Gasteiger partial charge in [0.25, 0.3) is 5.56 Å². The Balaban J connectivity index is 0.00000320. The topological polar surface area (TPSA) is 142 Å². The third kappa shape index (κ3) is 5.36. The Morgan fingerprint density at radius 1 is 1.14 bits per heavy atom. The first kappa shape index (κ1) is 26.3. The maximum atomic E-state index is 13.4. The molecule has 0 aliphatic heterocycles. The molecule has 5 rings (SSSR count). The van der Waals surface area contributed by atoms with Crippen molar-refractivity contribution in [1.29, 1.82) is 0 Å². The summed E-state index contributed by atoms with van der Waals surface area (Å²) in [6.45, 7) is 4.78. The molecule has 1 unspecified atom stereocenters. The van der Waals surface area contributed by atoms with E-state index in [-0.39, 0.29) is 24.8 Å². The molecule has 0 saturated heterocycles. The first-order valence-corrected chi connectivity index (χ1v) is 13.5. The number of nitrogens with zero attached hydrogens (tertiary/aromatic N) is 6. The third-order valence-corrected chi connectivity index (χ3v) is 7.11. The number of nitrogens with two attached hydrogens (primary N) is 1. The van der Waals surface area contributed by atoms with Gasteiger partial charge in [-0.05, 0) is 43.9 Å². The van der Waals surface area contributed by atoms with E-state index >= 15 is 0 Å². The van der Waals surface area contributed by atoms with Crippen molar-refractivity contribution in [2.45, 2.75) is 64.4 Å². The lowest BCUT2D eigenvalue weighted by molar-refractivity contribution is 0.668. The summed E-state index contributed by atoms with van der Waals surface area (Å²) >= 11 is 0. The monoisotopic (exact) mass is 520 g/mol. The summed E-state index contributed by atoms with van der Waals surface area (Å²) in [5.41, 5.74) is 9.99. The molecule has 194 valence electrons. The van der Waals surface area contributed by atoms with Gasteiger partial charge in [0.2, 0.25) is 5.95 Å². The van der Waals surface area contributed by atoms with E-state index in [4.69, 9.17) is 10.7 Å². The molecule has 37 heavy (non-hydrogen) atoms. The molecule has 1 fully saturated rings. The van der Waals surface area contributed by atoms with E-state index < -0.39 is 10.8 Å². The molecule has 3 aromatic heterocycles. The van der Waals surface area contributed by atoms with Crippen LogP contribution in [-0.4, -0.2) is 40.0 Å². The van der Waals surface area contributed by atoms with Crippen LogP contribution in [-0.2, 0) is 23.9 Å². The summed E-state index contributed by atoms with van der Waals surface area (Å²) in [4.78, 5) is 36.9. The number of nitrogens with one attached hydrogen (secondary N) is 1. The standard InChI is InChI=1S/C25H28N8O2S.CH4/c1-4-11-33-23-18(30-22(24(33)34)27-12-15-5-9-17(10-6-15)36(3)35)13-28-21(32-23)19-14(2)29-25(26)31-20(19)16-7-8-16;/h5-6,9-10,13,16H,4,7-8,11-12H2,1-3H3,(H,27,30)(H2,26,29,31);1H4. The van der Waals surface area contributed by atoms with E-state index in [0.29, 0.717) is 36.0 Å². The third-order valence-electron chi connectivity index (χ3n) is 6.17. The average Bonchev–Trinajstić information content (AvgIpc) is 3.70. The zero-order valence-corrected chi connectivity index (χ0v) is 21.3. The van der Waals surface area contributed by atoms with Gasteiger partial charge in [0.05, 0.1) is 23.1 Å². The highest BCUT2D eigenvalue weighted by molar-refractivity contribution is 7.84. The quantitative estimate of drug-likeness (QED) is 0.355. The Kier molecular flexibility index (Phi) is 7.63. The van der Waals surface area contributed by atoms with Crippen molar-refractivity contribution in [3.05, 3.63) is 57.8 Å². The summed E-state index contributed by atoms with van der Waals surface area (Å²) in [5.74, 6) is 1.29. The first-order chi connectivity index (χ1) is 17.4. The molecule has 1 atom stereocenters. The van der Waals surface area contributed by atoms with Gasteiger partial charge in [-0.2, -0.15) is 0 Å². The molecule has 1 aliphatic carbocycles. The fraction of sp³-hybridized carbons (Fsp3) is 0.385. The Bertz CT molecular complexity index is 1530. The maximum Gasteiger partial charge on any atom is 0.294 e. The molecular formula is C26H32N8O2S. The largest absolute Gasteiger partial charge is 0.368 e. The number of hydrogen-bond acceptors (Lipinski definition) is 9. The predicted molar refractivity (Wildman–Crippen MR) is 147 cm³/mol. The van der Waals surface area contributed by atoms with Gasteiger partial charge in [0, 0.05) is 41.0 Å². The Morgan fingerprint density at radius 3 is 2.51 bits per heavy atom. The van der Waals surface area contributed by atoms with Gasteiger partial charge in [-0.1, -0.05) is 26.5 Å². The number of hydrogen-bond donors (Lipinski definition) is 2. The van der Waals surface area contributed by atoms with Gasteiger partial charge >= 0.3 is 0 Å². The predicted octanol–water partition coefficient (Wildman–Crippen LogP) is 3.81. The van der Waals surface area contributed by atoms with Crippen LogP contribution in [0.5, 0.6) is 0 Å². The smallest absolute Gasteiger partial charge is 0.294 e. The van der Waals surface area contributed by atoms with E-state index in [1.807, 2.05) is 38.1 Å². The average molecular weight is 521 g/mol. The second-order valence-electron chi connectivity index (χ2n) is 8.97. The maximum absolute atomic E-state index is 13.4. The van der Waals surface area contributed by atoms with E-state index in [9.17, 15) is 9.00 Å². The minimum atomic E-state index is -1.04. The van der Waals surface area contributed by atoms with Crippen LogP contribution in [0, 0.1) is 6.92 Å². The van der Waals surface area contributed by atoms with Gasteiger partial charge in [-0.3, -0.25) is 13.6 Å². The molecule has 1 aromatic carbocycles. The molecule has 0 amide bonds. The highest BCUT2D eigenvalue weighted by Gasteiger charge is 2.31. The highest BCUT2D eigenvalue weighted by Crippen LogP contribution is 2.43.